The molecule has 0 atom stereocenters. The summed E-state index contributed by atoms with van der Waals surface area (Å²) in [7, 11) is -0.846. The molecule has 130 valence electrons. The summed E-state index contributed by atoms with van der Waals surface area (Å²) in [6.07, 6.45) is 0. The highest BCUT2D eigenvalue weighted by molar-refractivity contribution is 9.10. The number of halogens is 3. The van der Waals surface area contributed by atoms with Crippen LogP contribution in [-0.4, -0.2) is 22.6 Å². The molecule has 0 amide bonds. The second-order valence-electron chi connectivity index (χ2n) is 4.71. The van der Waals surface area contributed by atoms with Crippen molar-refractivity contribution >= 4 is 49.2 Å². The molecule has 0 saturated heterocycles. The van der Waals surface area contributed by atoms with Crippen molar-refractivity contribution in [3.8, 4) is 11.5 Å². The standard InChI is InChI=1S/C15H14BrCl2NO4S/c1-22-13-4-3-9(5-14(13)23-2)8-19-24(20,21)15-11(17)6-10(16)7-12(15)18/h3-7,19H,8H2,1-2H3. The van der Waals surface area contributed by atoms with Gasteiger partial charge in [-0.05, 0) is 29.8 Å². The van der Waals surface area contributed by atoms with Crippen LogP contribution in [-0.2, 0) is 16.6 Å². The van der Waals surface area contributed by atoms with Crippen LogP contribution in [0.5, 0.6) is 11.5 Å². The lowest BCUT2D eigenvalue weighted by Gasteiger charge is -2.12. The van der Waals surface area contributed by atoms with Crippen LogP contribution >= 0.6 is 39.1 Å². The maximum atomic E-state index is 12.5. The first kappa shape index (κ1) is 19.3. The Hall–Kier alpha value is -0.990. The number of ether oxygens (including phenoxy) is 2. The molecule has 2 aromatic rings. The molecule has 24 heavy (non-hydrogen) atoms. The lowest BCUT2D eigenvalue weighted by atomic mass is 10.2. The third kappa shape index (κ3) is 4.34. The summed E-state index contributed by atoms with van der Waals surface area (Å²) in [5, 5.41) is 0.0726. The van der Waals surface area contributed by atoms with E-state index in [1.807, 2.05) is 0 Å². The first-order valence-corrected chi connectivity index (χ1v) is 9.67. The first-order valence-electron chi connectivity index (χ1n) is 6.63. The molecule has 0 heterocycles. The van der Waals surface area contributed by atoms with Gasteiger partial charge < -0.3 is 9.47 Å². The summed E-state index contributed by atoms with van der Waals surface area (Å²) < 4.78 is 38.4. The van der Waals surface area contributed by atoms with E-state index in [9.17, 15) is 8.42 Å². The molecular formula is C15H14BrCl2NO4S. The van der Waals surface area contributed by atoms with Gasteiger partial charge in [-0.3, -0.25) is 0 Å². The van der Waals surface area contributed by atoms with Crippen molar-refractivity contribution in [3.05, 3.63) is 50.4 Å². The van der Waals surface area contributed by atoms with E-state index in [1.54, 1.807) is 18.2 Å². The summed E-state index contributed by atoms with van der Waals surface area (Å²) in [6.45, 7) is 0.0470. The predicted octanol–water partition coefficient (Wildman–Crippen LogP) is 4.25. The summed E-state index contributed by atoms with van der Waals surface area (Å²) in [4.78, 5) is -0.158. The number of nitrogens with one attached hydrogen (secondary N) is 1. The van der Waals surface area contributed by atoms with E-state index in [0.717, 1.165) is 0 Å². The maximum Gasteiger partial charge on any atom is 0.243 e. The minimum atomic E-state index is -3.88. The molecule has 0 saturated carbocycles. The smallest absolute Gasteiger partial charge is 0.243 e. The number of hydrogen-bond acceptors (Lipinski definition) is 4. The average Bonchev–Trinajstić information content (AvgIpc) is 2.51. The lowest BCUT2D eigenvalue weighted by Crippen LogP contribution is -2.24. The molecule has 0 fully saturated rings. The third-order valence-electron chi connectivity index (χ3n) is 3.15. The lowest BCUT2D eigenvalue weighted by molar-refractivity contribution is 0.354. The third-order valence-corrected chi connectivity index (χ3v) is 5.93. The van der Waals surface area contributed by atoms with E-state index in [1.165, 1.54) is 26.4 Å². The molecule has 0 radical (unpaired) electrons. The Balaban J connectivity index is 2.25. The van der Waals surface area contributed by atoms with Gasteiger partial charge in [0.05, 0.1) is 24.3 Å². The Labute approximate surface area is 159 Å². The molecule has 0 aliphatic rings. The molecule has 2 rings (SSSR count). The summed E-state index contributed by atoms with van der Waals surface area (Å²) in [6, 6.07) is 8.06. The molecule has 9 heteroatoms. The average molecular weight is 455 g/mol. The predicted molar refractivity (Wildman–Crippen MR) is 97.7 cm³/mol. The quantitative estimate of drug-likeness (QED) is 0.708. The van der Waals surface area contributed by atoms with Crippen LogP contribution in [0.4, 0.5) is 0 Å². The van der Waals surface area contributed by atoms with E-state index in [2.05, 4.69) is 20.7 Å². The van der Waals surface area contributed by atoms with Crippen molar-refractivity contribution in [2.24, 2.45) is 0 Å². The molecular weight excluding hydrogens is 441 g/mol. The first-order chi connectivity index (χ1) is 11.3. The van der Waals surface area contributed by atoms with Crippen molar-refractivity contribution in [1.82, 2.24) is 4.72 Å². The van der Waals surface area contributed by atoms with Crippen molar-refractivity contribution in [3.63, 3.8) is 0 Å². The van der Waals surface area contributed by atoms with E-state index in [0.29, 0.717) is 21.5 Å². The van der Waals surface area contributed by atoms with Gasteiger partial charge in [-0.1, -0.05) is 45.2 Å². The molecule has 0 spiro atoms. The second-order valence-corrected chi connectivity index (χ2v) is 8.15. The fourth-order valence-electron chi connectivity index (χ4n) is 2.03. The fourth-order valence-corrected chi connectivity index (χ4v) is 4.98. The van der Waals surface area contributed by atoms with Crippen LogP contribution in [0.25, 0.3) is 0 Å². The number of hydrogen-bond donors (Lipinski definition) is 1. The number of sulfonamides is 1. The van der Waals surface area contributed by atoms with Gasteiger partial charge in [-0.25, -0.2) is 13.1 Å². The highest BCUT2D eigenvalue weighted by atomic mass is 79.9. The Morgan fingerprint density at radius 3 is 2.17 bits per heavy atom. The second kappa shape index (κ2) is 7.93. The topological polar surface area (TPSA) is 64.6 Å². The largest absolute Gasteiger partial charge is 0.493 e. The summed E-state index contributed by atoms with van der Waals surface area (Å²) in [5.74, 6) is 1.07. The van der Waals surface area contributed by atoms with Crippen molar-refractivity contribution in [2.75, 3.05) is 14.2 Å². The maximum absolute atomic E-state index is 12.5. The van der Waals surface area contributed by atoms with Crippen molar-refractivity contribution in [1.29, 1.82) is 0 Å². The van der Waals surface area contributed by atoms with E-state index in [4.69, 9.17) is 32.7 Å². The van der Waals surface area contributed by atoms with Gasteiger partial charge in [0, 0.05) is 11.0 Å². The van der Waals surface area contributed by atoms with Gasteiger partial charge in [0.2, 0.25) is 10.0 Å². The van der Waals surface area contributed by atoms with Gasteiger partial charge in [0.25, 0.3) is 0 Å². The van der Waals surface area contributed by atoms with Crippen molar-refractivity contribution in [2.45, 2.75) is 11.4 Å². The monoisotopic (exact) mass is 453 g/mol. The van der Waals surface area contributed by atoms with Gasteiger partial charge in [-0.15, -0.1) is 0 Å². The van der Waals surface area contributed by atoms with Gasteiger partial charge >= 0.3 is 0 Å². The summed E-state index contributed by atoms with van der Waals surface area (Å²) >= 11 is 15.2. The molecule has 0 aliphatic heterocycles. The SMILES string of the molecule is COc1ccc(CNS(=O)(=O)c2c(Cl)cc(Br)cc2Cl)cc1OC. The summed E-state index contributed by atoms with van der Waals surface area (Å²) in [5.41, 5.74) is 0.695. The van der Waals surface area contributed by atoms with Crippen LogP contribution in [0.3, 0.4) is 0 Å². The van der Waals surface area contributed by atoms with Gasteiger partial charge in [0.15, 0.2) is 11.5 Å². The molecule has 2 aromatic carbocycles. The van der Waals surface area contributed by atoms with Crippen LogP contribution in [0, 0.1) is 0 Å². The Morgan fingerprint density at radius 2 is 1.62 bits per heavy atom. The fraction of sp³-hybridized carbons (Fsp3) is 0.200. The van der Waals surface area contributed by atoms with Crippen LogP contribution < -0.4 is 14.2 Å². The van der Waals surface area contributed by atoms with E-state index >= 15 is 0 Å². The Kier molecular flexibility index (Phi) is 6.39. The Bertz CT molecular complexity index is 836. The highest BCUT2D eigenvalue weighted by Crippen LogP contribution is 2.33. The van der Waals surface area contributed by atoms with Crippen LogP contribution in [0.2, 0.25) is 10.0 Å². The van der Waals surface area contributed by atoms with Gasteiger partial charge in [-0.2, -0.15) is 0 Å². The van der Waals surface area contributed by atoms with Crippen LogP contribution in [0.15, 0.2) is 39.7 Å². The Morgan fingerprint density at radius 1 is 1.04 bits per heavy atom. The number of methoxy groups -OCH3 is 2. The normalized spacial score (nSPS) is 11.4. The zero-order valence-corrected chi connectivity index (χ0v) is 16.7. The number of rotatable bonds is 6. The van der Waals surface area contributed by atoms with Crippen molar-refractivity contribution < 1.29 is 17.9 Å². The van der Waals surface area contributed by atoms with E-state index < -0.39 is 10.0 Å². The zero-order chi connectivity index (χ0) is 17.9. The minimum absolute atomic E-state index is 0.0363. The molecule has 0 aromatic heterocycles. The zero-order valence-electron chi connectivity index (χ0n) is 12.8. The highest BCUT2D eigenvalue weighted by Gasteiger charge is 2.22. The minimum Gasteiger partial charge on any atom is -0.493 e. The number of benzene rings is 2. The molecule has 1 N–H and O–H groups in total. The van der Waals surface area contributed by atoms with E-state index in [-0.39, 0.29) is 21.5 Å². The molecule has 5 nitrogen and oxygen atoms in total. The van der Waals surface area contributed by atoms with Gasteiger partial charge in [0.1, 0.15) is 4.90 Å². The molecule has 0 bridgehead atoms. The molecule has 0 unspecified atom stereocenters. The molecule has 0 aliphatic carbocycles. The van der Waals surface area contributed by atoms with Crippen LogP contribution in [0.1, 0.15) is 5.56 Å².